The molecular formula is C15H14F6N2. The van der Waals surface area contributed by atoms with Crippen molar-refractivity contribution in [3.63, 3.8) is 0 Å². The lowest BCUT2D eigenvalue weighted by molar-refractivity contribution is -0.142. The summed E-state index contributed by atoms with van der Waals surface area (Å²) in [6.45, 7) is 0.736. The Labute approximate surface area is 127 Å². The molecule has 0 aliphatic carbocycles. The summed E-state index contributed by atoms with van der Waals surface area (Å²) >= 11 is 0. The Balaban J connectivity index is 2.15. The molecule has 1 atom stereocenters. The summed E-state index contributed by atoms with van der Waals surface area (Å²) in [6, 6.07) is 2.14. The minimum Gasteiger partial charge on any atom is -0.357 e. The van der Waals surface area contributed by atoms with Crippen molar-refractivity contribution in [2.75, 3.05) is 6.54 Å². The molecule has 2 aromatic rings. The summed E-state index contributed by atoms with van der Waals surface area (Å²) in [5.41, 5.74) is -2.39. The van der Waals surface area contributed by atoms with E-state index in [1.807, 2.05) is 0 Å². The van der Waals surface area contributed by atoms with E-state index in [-0.39, 0.29) is 23.0 Å². The highest BCUT2D eigenvalue weighted by Gasteiger charge is 2.38. The number of aromatic nitrogens is 1. The van der Waals surface area contributed by atoms with Gasteiger partial charge in [0.15, 0.2) is 0 Å². The predicted octanol–water partition coefficient (Wildman–Crippen LogP) is 5.02. The zero-order valence-electron chi connectivity index (χ0n) is 11.9. The molecule has 23 heavy (non-hydrogen) atoms. The highest BCUT2D eigenvalue weighted by Crippen LogP contribution is 2.40. The van der Waals surface area contributed by atoms with E-state index in [9.17, 15) is 26.3 Å². The van der Waals surface area contributed by atoms with E-state index in [2.05, 4.69) is 10.3 Å². The zero-order chi connectivity index (χ0) is 16.8. The average molecular weight is 336 g/mol. The van der Waals surface area contributed by atoms with Crippen LogP contribution in [0.2, 0.25) is 0 Å². The van der Waals surface area contributed by atoms with Crippen molar-refractivity contribution in [3.05, 3.63) is 35.0 Å². The maximum Gasteiger partial charge on any atom is 0.418 e. The largest absolute Gasteiger partial charge is 0.418 e. The van der Waals surface area contributed by atoms with Crippen LogP contribution in [-0.2, 0) is 12.4 Å². The number of rotatable bonds is 1. The van der Waals surface area contributed by atoms with Crippen molar-refractivity contribution in [2.24, 2.45) is 0 Å². The molecule has 1 fully saturated rings. The first-order valence-corrected chi connectivity index (χ1v) is 7.21. The lowest BCUT2D eigenvalue weighted by Crippen LogP contribution is -2.26. The molecule has 1 aliphatic heterocycles. The van der Waals surface area contributed by atoms with Crippen molar-refractivity contribution in [1.29, 1.82) is 0 Å². The predicted molar refractivity (Wildman–Crippen MR) is 72.9 cm³/mol. The minimum atomic E-state index is -4.86. The maximum atomic E-state index is 13.1. The molecule has 2 N–H and O–H groups in total. The van der Waals surface area contributed by atoms with Gasteiger partial charge in [-0.05, 0) is 37.6 Å². The summed E-state index contributed by atoms with van der Waals surface area (Å²) < 4.78 is 78.0. The van der Waals surface area contributed by atoms with Crippen LogP contribution in [0.5, 0.6) is 0 Å². The van der Waals surface area contributed by atoms with Gasteiger partial charge in [-0.3, -0.25) is 0 Å². The summed E-state index contributed by atoms with van der Waals surface area (Å²) in [5, 5.41) is 3.09. The van der Waals surface area contributed by atoms with E-state index in [0.717, 1.165) is 31.9 Å². The second-order valence-electron chi connectivity index (χ2n) is 5.71. The Morgan fingerprint density at radius 1 is 0.913 bits per heavy atom. The van der Waals surface area contributed by atoms with Crippen LogP contribution in [0.1, 0.15) is 42.1 Å². The highest BCUT2D eigenvalue weighted by atomic mass is 19.4. The molecule has 0 radical (unpaired) electrons. The van der Waals surface area contributed by atoms with Gasteiger partial charge in [-0.2, -0.15) is 26.3 Å². The van der Waals surface area contributed by atoms with E-state index < -0.39 is 23.5 Å². The van der Waals surface area contributed by atoms with Crippen LogP contribution >= 0.6 is 0 Å². The molecule has 8 heteroatoms. The van der Waals surface area contributed by atoms with Gasteiger partial charge in [-0.25, -0.2) is 0 Å². The molecule has 0 amide bonds. The fraction of sp³-hybridized carbons (Fsp3) is 0.467. The van der Waals surface area contributed by atoms with Gasteiger partial charge in [0.25, 0.3) is 0 Å². The second kappa shape index (κ2) is 5.43. The molecule has 0 bridgehead atoms. The lowest BCUT2D eigenvalue weighted by atomic mass is 10.0. The first-order chi connectivity index (χ1) is 10.7. The molecule has 2 heterocycles. The number of nitrogens with one attached hydrogen (secondary N) is 2. The molecule has 1 saturated heterocycles. The molecule has 1 aliphatic rings. The Hall–Kier alpha value is -1.70. The summed E-state index contributed by atoms with van der Waals surface area (Å²) in [4.78, 5) is 2.67. The van der Waals surface area contributed by atoms with Crippen LogP contribution in [0.4, 0.5) is 26.3 Å². The Kier molecular flexibility index (Phi) is 3.82. The lowest BCUT2D eigenvalue weighted by Gasteiger charge is -2.22. The quantitative estimate of drug-likeness (QED) is 0.703. The van der Waals surface area contributed by atoms with Crippen molar-refractivity contribution >= 4 is 10.9 Å². The van der Waals surface area contributed by atoms with Gasteiger partial charge in [-0.15, -0.1) is 0 Å². The molecular weight excluding hydrogens is 322 g/mol. The standard InChI is InChI=1S/C15H14F6N2/c16-14(17,18)9-5-8-6-12(11-3-1-2-4-22-11)23-13(8)10(7-9)15(19,20)21/h5-7,11,22-23H,1-4H2/t11-/m1/s1. The molecule has 0 saturated carbocycles. The third-order valence-corrected chi connectivity index (χ3v) is 4.07. The van der Waals surface area contributed by atoms with E-state index in [1.54, 1.807) is 0 Å². The van der Waals surface area contributed by atoms with Gasteiger partial charge in [0, 0.05) is 17.1 Å². The van der Waals surface area contributed by atoms with Crippen molar-refractivity contribution in [2.45, 2.75) is 37.7 Å². The van der Waals surface area contributed by atoms with Crippen LogP contribution in [-0.4, -0.2) is 11.5 Å². The van der Waals surface area contributed by atoms with E-state index >= 15 is 0 Å². The highest BCUT2D eigenvalue weighted by molar-refractivity contribution is 5.85. The van der Waals surface area contributed by atoms with E-state index in [1.165, 1.54) is 6.07 Å². The van der Waals surface area contributed by atoms with Crippen LogP contribution in [0.3, 0.4) is 0 Å². The molecule has 0 unspecified atom stereocenters. The number of halogens is 6. The first-order valence-electron chi connectivity index (χ1n) is 7.21. The van der Waals surface area contributed by atoms with Gasteiger partial charge in [0.05, 0.1) is 16.6 Å². The number of hydrogen-bond donors (Lipinski definition) is 2. The summed E-state index contributed by atoms with van der Waals surface area (Å²) in [6.07, 6.45) is -7.05. The van der Waals surface area contributed by atoms with Crippen molar-refractivity contribution in [1.82, 2.24) is 10.3 Å². The Bertz CT molecular complexity index is 707. The monoisotopic (exact) mass is 336 g/mol. The fourth-order valence-electron chi connectivity index (χ4n) is 2.96. The number of fused-ring (bicyclic) bond motifs is 1. The molecule has 1 aromatic carbocycles. The summed E-state index contributed by atoms with van der Waals surface area (Å²) in [5.74, 6) is 0. The molecule has 3 rings (SSSR count). The van der Waals surface area contributed by atoms with Gasteiger partial charge in [0.1, 0.15) is 0 Å². The number of alkyl halides is 6. The molecule has 1 aromatic heterocycles. The topological polar surface area (TPSA) is 27.8 Å². The van der Waals surface area contributed by atoms with Crippen LogP contribution < -0.4 is 5.32 Å². The Morgan fingerprint density at radius 3 is 2.22 bits per heavy atom. The van der Waals surface area contributed by atoms with Gasteiger partial charge in [0.2, 0.25) is 0 Å². The molecule has 0 spiro atoms. The number of H-pyrrole nitrogens is 1. The minimum absolute atomic E-state index is 0.0745. The van der Waals surface area contributed by atoms with Gasteiger partial charge >= 0.3 is 12.4 Å². The van der Waals surface area contributed by atoms with Crippen LogP contribution in [0.25, 0.3) is 10.9 Å². The zero-order valence-corrected chi connectivity index (χ0v) is 11.9. The number of piperidine rings is 1. The second-order valence-corrected chi connectivity index (χ2v) is 5.71. The van der Waals surface area contributed by atoms with Gasteiger partial charge in [-0.1, -0.05) is 6.42 Å². The molecule has 126 valence electrons. The normalized spacial score (nSPS) is 20.2. The van der Waals surface area contributed by atoms with Gasteiger partial charge < -0.3 is 10.3 Å². The van der Waals surface area contributed by atoms with E-state index in [0.29, 0.717) is 5.69 Å². The Morgan fingerprint density at radius 2 is 1.65 bits per heavy atom. The third-order valence-electron chi connectivity index (χ3n) is 4.07. The van der Waals surface area contributed by atoms with Crippen LogP contribution in [0.15, 0.2) is 18.2 Å². The smallest absolute Gasteiger partial charge is 0.357 e. The van der Waals surface area contributed by atoms with Crippen molar-refractivity contribution in [3.8, 4) is 0 Å². The fourth-order valence-corrected chi connectivity index (χ4v) is 2.96. The maximum absolute atomic E-state index is 13.1. The van der Waals surface area contributed by atoms with Crippen molar-refractivity contribution < 1.29 is 26.3 Å². The SMILES string of the molecule is FC(F)(F)c1cc(C(F)(F)F)c2[nH]c([C@H]3CCCCN3)cc2c1. The number of benzene rings is 1. The number of hydrogen-bond acceptors (Lipinski definition) is 1. The average Bonchev–Trinajstić information content (AvgIpc) is 2.89. The van der Waals surface area contributed by atoms with E-state index in [4.69, 9.17) is 0 Å². The molecule has 2 nitrogen and oxygen atoms in total. The first kappa shape index (κ1) is 16.2. The number of aromatic amines is 1. The summed E-state index contributed by atoms with van der Waals surface area (Å²) in [7, 11) is 0. The van der Waals surface area contributed by atoms with Crippen LogP contribution in [0, 0.1) is 0 Å². The third kappa shape index (κ3) is 3.17.